The first-order chi connectivity index (χ1) is 10.6. The van der Waals surface area contributed by atoms with E-state index in [1.54, 1.807) is 48.5 Å². The third kappa shape index (κ3) is 3.47. The summed E-state index contributed by atoms with van der Waals surface area (Å²) in [5.41, 5.74) is 2.78. The van der Waals surface area contributed by atoms with Gasteiger partial charge in [-0.25, -0.2) is 0 Å². The SMILES string of the molecule is CC(=O)C(c1ccc(C=O)cc1)c1ccc([C@@H](O)CO)cc1. The predicted molar refractivity (Wildman–Crippen MR) is 82.8 cm³/mol. The normalized spacial score (nSPS) is 13.4. The average Bonchev–Trinajstić information content (AvgIpc) is 2.55. The summed E-state index contributed by atoms with van der Waals surface area (Å²) in [7, 11) is 0. The fourth-order valence-corrected chi connectivity index (χ4v) is 2.44. The van der Waals surface area contributed by atoms with Gasteiger partial charge in [0.05, 0.1) is 12.5 Å². The van der Waals surface area contributed by atoms with Crippen molar-refractivity contribution in [2.24, 2.45) is 0 Å². The minimum absolute atomic E-state index is 0.00527. The summed E-state index contributed by atoms with van der Waals surface area (Å²) in [6.07, 6.45) is -0.158. The van der Waals surface area contributed by atoms with E-state index in [4.69, 9.17) is 5.11 Å². The zero-order valence-corrected chi connectivity index (χ0v) is 12.3. The van der Waals surface area contributed by atoms with Gasteiger partial charge in [0.2, 0.25) is 0 Å². The van der Waals surface area contributed by atoms with Crippen molar-refractivity contribution >= 4 is 12.1 Å². The Labute approximate surface area is 129 Å². The number of aliphatic hydroxyl groups excluding tert-OH is 2. The van der Waals surface area contributed by atoms with Crippen LogP contribution in [-0.2, 0) is 4.79 Å². The van der Waals surface area contributed by atoms with Crippen molar-refractivity contribution in [3.05, 3.63) is 70.8 Å². The predicted octanol–water partition coefficient (Wildman–Crippen LogP) is 2.25. The van der Waals surface area contributed by atoms with Gasteiger partial charge in [0.25, 0.3) is 0 Å². The molecular weight excluding hydrogens is 280 g/mol. The second-order valence-electron chi connectivity index (χ2n) is 5.19. The van der Waals surface area contributed by atoms with Crippen LogP contribution in [0.3, 0.4) is 0 Å². The highest BCUT2D eigenvalue weighted by Crippen LogP contribution is 2.27. The number of Topliss-reactive ketones (excluding diaryl/α,β-unsaturated/α-hetero) is 1. The number of carbonyl (C=O) groups excluding carboxylic acids is 2. The van der Waals surface area contributed by atoms with Gasteiger partial charge in [0.1, 0.15) is 18.2 Å². The molecule has 0 saturated carbocycles. The Morgan fingerprint density at radius 1 is 1.00 bits per heavy atom. The largest absolute Gasteiger partial charge is 0.393 e. The summed E-state index contributed by atoms with van der Waals surface area (Å²) >= 11 is 0. The van der Waals surface area contributed by atoms with E-state index in [9.17, 15) is 14.7 Å². The van der Waals surface area contributed by atoms with Gasteiger partial charge >= 0.3 is 0 Å². The first-order valence-electron chi connectivity index (χ1n) is 7.01. The summed E-state index contributed by atoms with van der Waals surface area (Å²) in [6.45, 7) is 1.18. The zero-order valence-electron chi connectivity index (χ0n) is 12.3. The maximum Gasteiger partial charge on any atom is 0.150 e. The Morgan fingerprint density at radius 3 is 1.86 bits per heavy atom. The van der Waals surface area contributed by atoms with E-state index >= 15 is 0 Å². The highest BCUT2D eigenvalue weighted by Gasteiger charge is 2.19. The van der Waals surface area contributed by atoms with Crippen molar-refractivity contribution in [2.75, 3.05) is 6.61 Å². The Morgan fingerprint density at radius 2 is 1.45 bits per heavy atom. The highest BCUT2D eigenvalue weighted by atomic mass is 16.3. The number of aldehydes is 1. The monoisotopic (exact) mass is 298 g/mol. The fraction of sp³-hybridized carbons (Fsp3) is 0.222. The van der Waals surface area contributed by atoms with Gasteiger partial charge in [-0.3, -0.25) is 9.59 Å². The average molecular weight is 298 g/mol. The number of hydrogen-bond acceptors (Lipinski definition) is 4. The lowest BCUT2D eigenvalue weighted by Gasteiger charge is -2.16. The summed E-state index contributed by atoms with van der Waals surface area (Å²) < 4.78 is 0. The van der Waals surface area contributed by atoms with Crippen LogP contribution < -0.4 is 0 Å². The van der Waals surface area contributed by atoms with E-state index in [1.807, 2.05) is 0 Å². The third-order valence-electron chi connectivity index (χ3n) is 3.64. The van der Waals surface area contributed by atoms with Gasteiger partial charge in [-0.2, -0.15) is 0 Å². The molecule has 114 valence electrons. The Kier molecular flexibility index (Phi) is 5.20. The summed E-state index contributed by atoms with van der Waals surface area (Å²) in [5, 5.41) is 18.5. The minimum atomic E-state index is -0.920. The van der Waals surface area contributed by atoms with Crippen molar-refractivity contribution in [1.29, 1.82) is 0 Å². The number of rotatable bonds is 6. The molecule has 0 spiro atoms. The molecule has 0 aromatic heterocycles. The molecule has 0 bridgehead atoms. The molecule has 0 aliphatic heterocycles. The van der Waals surface area contributed by atoms with Crippen LogP contribution in [0.25, 0.3) is 0 Å². The lowest BCUT2D eigenvalue weighted by Crippen LogP contribution is -2.11. The standard InChI is InChI=1S/C18H18O4/c1-12(21)18(15-4-2-13(10-19)3-5-15)16-8-6-14(7-9-16)17(22)11-20/h2-10,17-18,20,22H,11H2,1H3/t17-,18?/m0/s1. The minimum Gasteiger partial charge on any atom is -0.393 e. The summed E-state index contributed by atoms with van der Waals surface area (Å²) in [6, 6.07) is 13.8. The van der Waals surface area contributed by atoms with Gasteiger partial charge in [0.15, 0.2) is 0 Å². The fourth-order valence-electron chi connectivity index (χ4n) is 2.44. The molecule has 0 fully saturated rings. The van der Waals surface area contributed by atoms with E-state index in [1.165, 1.54) is 6.92 Å². The number of hydrogen-bond donors (Lipinski definition) is 2. The van der Waals surface area contributed by atoms with Crippen LogP contribution >= 0.6 is 0 Å². The molecule has 2 atom stereocenters. The molecule has 4 nitrogen and oxygen atoms in total. The number of benzene rings is 2. The van der Waals surface area contributed by atoms with E-state index in [0.29, 0.717) is 11.1 Å². The second kappa shape index (κ2) is 7.11. The first kappa shape index (κ1) is 16.1. The first-order valence-corrected chi connectivity index (χ1v) is 7.01. The van der Waals surface area contributed by atoms with E-state index < -0.39 is 12.0 Å². The highest BCUT2D eigenvalue weighted by molar-refractivity contribution is 5.87. The topological polar surface area (TPSA) is 74.6 Å². The number of carbonyl (C=O) groups is 2. The maximum absolute atomic E-state index is 12.0. The second-order valence-corrected chi connectivity index (χ2v) is 5.19. The lowest BCUT2D eigenvalue weighted by atomic mass is 9.87. The number of ketones is 1. The smallest absolute Gasteiger partial charge is 0.150 e. The van der Waals surface area contributed by atoms with Gasteiger partial charge < -0.3 is 10.2 Å². The molecule has 0 saturated heterocycles. The van der Waals surface area contributed by atoms with Crippen molar-refractivity contribution in [2.45, 2.75) is 18.9 Å². The Hall–Kier alpha value is -2.30. The van der Waals surface area contributed by atoms with Crippen LogP contribution in [0.5, 0.6) is 0 Å². The van der Waals surface area contributed by atoms with E-state index in [-0.39, 0.29) is 12.4 Å². The lowest BCUT2D eigenvalue weighted by molar-refractivity contribution is -0.117. The third-order valence-corrected chi connectivity index (χ3v) is 3.64. The molecule has 0 aliphatic carbocycles. The molecular formula is C18H18O4. The molecule has 22 heavy (non-hydrogen) atoms. The van der Waals surface area contributed by atoms with Crippen LogP contribution in [0, 0.1) is 0 Å². The maximum atomic E-state index is 12.0. The van der Waals surface area contributed by atoms with Crippen molar-refractivity contribution in [1.82, 2.24) is 0 Å². The molecule has 4 heteroatoms. The van der Waals surface area contributed by atoms with Crippen molar-refractivity contribution < 1.29 is 19.8 Å². The summed E-state index contributed by atoms with van der Waals surface area (Å²) in [4.78, 5) is 22.7. The molecule has 0 aliphatic rings. The van der Waals surface area contributed by atoms with Crippen molar-refractivity contribution in [3.63, 3.8) is 0 Å². The Balaban J connectivity index is 2.35. The van der Waals surface area contributed by atoms with Crippen LogP contribution in [0.15, 0.2) is 48.5 Å². The van der Waals surface area contributed by atoms with Crippen LogP contribution in [0.4, 0.5) is 0 Å². The van der Waals surface area contributed by atoms with E-state index in [2.05, 4.69) is 0 Å². The molecule has 0 radical (unpaired) electrons. The quantitative estimate of drug-likeness (QED) is 0.802. The van der Waals surface area contributed by atoms with Gasteiger partial charge in [-0.1, -0.05) is 48.5 Å². The Bertz CT molecular complexity index is 644. The number of aliphatic hydroxyl groups is 2. The van der Waals surface area contributed by atoms with Crippen LogP contribution in [-0.4, -0.2) is 28.9 Å². The molecule has 2 N–H and O–H groups in total. The molecule has 2 rings (SSSR count). The molecule has 0 heterocycles. The zero-order chi connectivity index (χ0) is 16.1. The molecule has 0 amide bonds. The van der Waals surface area contributed by atoms with E-state index in [0.717, 1.165) is 17.4 Å². The van der Waals surface area contributed by atoms with Gasteiger partial charge in [-0.15, -0.1) is 0 Å². The molecule has 2 aromatic carbocycles. The summed E-state index contributed by atoms with van der Waals surface area (Å²) in [5.74, 6) is -0.421. The van der Waals surface area contributed by atoms with Gasteiger partial charge in [-0.05, 0) is 23.6 Å². The van der Waals surface area contributed by atoms with Crippen LogP contribution in [0.2, 0.25) is 0 Å². The van der Waals surface area contributed by atoms with Crippen LogP contribution in [0.1, 0.15) is 46.0 Å². The molecule has 1 unspecified atom stereocenters. The van der Waals surface area contributed by atoms with Gasteiger partial charge in [0, 0.05) is 5.56 Å². The van der Waals surface area contributed by atoms with Crippen molar-refractivity contribution in [3.8, 4) is 0 Å². The molecule has 2 aromatic rings.